The lowest BCUT2D eigenvalue weighted by Crippen LogP contribution is -2.42. The molecule has 4 unspecified atom stereocenters. The monoisotopic (exact) mass is 213 g/mol. The lowest BCUT2D eigenvalue weighted by molar-refractivity contribution is 0.294. The van der Waals surface area contributed by atoms with Gasteiger partial charge < -0.3 is 5.32 Å². The molecule has 2 rings (SSSR count). The van der Waals surface area contributed by atoms with E-state index in [4.69, 9.17) is 0 Å². The molecule has 0 amide bonds. The molecule has 1 heterocycles. The second-order valence-corrected chi connectivity index (χ2v) is 6.35. The third kappa shape index (κ3) is 2.46. The fourth-order valence-electron chi connectivity index (χ4n) is 2.70. The highest BCUT2D eigenvalue weighted by Gasteiger charge is 2.31. The second kappa shape index (κ2) is 4.89. The predicted molar refractivity (Wildman–Crippen MR) is 64.8 cm³/mol. The summed E-state index contributed by atoms with van der Waals surface area (Å²) in [4.78, 5) is 0. The molecule has 82 valence electrons. The van der Waals surface area contributed by atoms with E-state index in [-0.39, 0.29) is 0 Å². The van der Waals surface area contributed by atoms with Gasteiger partial charge in [-0.3, -0.25) is 0 Å². The van der Waals surface area contributed by atoms with E-state index in [0.29, 0.717) is 0 Å². The Kier molecular flexibility index (Phi) is 3.78. The molecule has 1 aliphatic heterocycles. The van der Waals surface area contributed by atoms with Crippen LogP contribution < -0.4 is 5.32 Å². The minimum Gasteiger partial charge on any atom is -0.313 e. The van der Waals surface area contributed by atoms with Crippen molar-refractivity contribution in [3.63, 3.8) is 0 Å². The molecule has 1 saturated carbocycles. The fourth-order valence-corrected chi connectivity index (χ4v) is 4.27. The molecule has 1 N–H and O–H groups in total. The van der Waals surface area contributed by atoms with Crippen LogP contribution in [-0.2, 0) is 0 Å². The summed E-state index contributed by atoms with van der Waals surface area (Å²) in [6, 6.07) is 0.827. The molecule has 14 heavy (non-hydrogen) atoms. The van der Waals surface area contributed by atoms with Gasteiger partial charge >= 0.3 is 0 Å². The van der Waals surface area contributed by atoms with Gasteiger partial charge in [-0.05, 0) is 43.4 Å². The molecule has 0 aromatic rings. The lowest BCUT2D eigenvalue weighted by Gasteiger charge is -2.34. The number of thioether (sulfide) groups is 1. The van der Waals surface area contributed by atoms with E-state index in [1.54, 1.807) is 0 Å². The topological polar surface area (TPSA) is 12.0 Å². The van der Waals surface area contributed by atoms with E-state index >= 15 is 0 Å². The van der Waals surface area contributed by atoms with Gasteiger partial charge in [0.1, 0.15) is 0 Å². The second-order valence-electron chi connectivity index (χ2n) is 5.08. The minimum atomic E-state index is 0.827. The average molecular weight is 213 g/mol. The van der Waals surface area contributed by atoms with Crippen molar-refractivity contribution < 1.29 is 0 Å². The molecule has 0 bridgehead atoms. The molecule has 1 aliphatic carbocycles. The summed E-state index contributed by atoms with van der Waals surface area (Å²) < 4.78 is 0. The maximum absolute atomic E-state index is 3.76. The quantitative estimate of drug-likeness (QED) is 0.719. The van der Waals surface area contributed by atoms with Gasteiger partial charge in [-0.25, -0.2) is 0 Å². The van der Waals surface area contributed by atoms with Crippen LogP contribution in [-0.4, -0.2) is 23.6 Å². The predicted octanol–water partition coefficient (Wildman–Crippen LogP) is 2.91. The van der Waals surface area contributed by atoms with Crippen molar-refractivity contribution in [2.75, 3.05) is 12.3 Å². The van der Waals surface area contributed by atoms with Crippen LogP contribution in [0, 0.1) is 11.8 Å². The lowest BCUT2D eigenvalue weighted by atomic mass is 9.84. The third-order valence-corrected chi connectivity index (χ3v) is 5.51. The van der Waals surface area contributed by atoms with Crippen LogP contribution in [0.3, 0.4) is 0 Å². The van der Waals surface area contributed by atoms with Crippen LogP contribution in [0.5, 0.6) is 0 Å². The first-order valence-electron chi connectivity index (χ1n) is 6.14. The number of hydrogen-bond donors (Lipinski definition) is 1. The molecule has 2 heteroatoms. The minimum absolute atomic E-state index is 0.827. The summed E-state index contributed by atoms with van der Waals surface area (Å²) in [5, 5.41) is 4.67. The molecule has 0 aromatic carbocycles. The molecular formula is C12H23NS. The highest BCUT2D eigenvalue weighted by molar-refractivity contribution is 8.00. The average Bonchev–Trinajstić information content (AvgIpc) is 2.40. The normalized spacial score (nSPS) is 44.1. The Morgan fingerprint density at radius 1 is 1.36 bits per heavy atom. The van der Waals surface area contributed by atoms with E-state index in [0.717, 1.165) is 23.1 Å². The van der Waals surface area contributed by atoms with Gasteiger partial charge in [0.25, 0.3) is 0 Å². The van der Waals surface area contributed by atoms with E-state index in [1.165, 1.54) is 38.0 Å². The first-order valence-corrected chi connectivity index (χ1v) is 7.19. The summed E-state index contributed by atoms with van der Waals surface area (Å²) >= 11 is 2.23. The molecule has 1 nitrogen and oxygen atoms in total. The van der Waals surface area contributed by atoms with Crippen LogP contribution >= 0.6 is 11.8 Å². The zero-order valence-corrected chi connectivity index (χ0v) is 10.3. The van der Waals surface area contributed by atoms with Crippen molar-refractivity contribution in [2.45, 2.75) is 50.8 Å². The maximum atomic E-state index is 3.76. The van der Waals surface area contributed by atoms with Gasteiger partial charge in [0.2, 0.25) is 0 Å². The molecule has 2 aliphatic rings. The molecule has 2 fully saturated rings. The maximum Gasteiger partial charge on any atom is 0.0203 e. The van der Waals surface area contributed by atoms with E-state index in [1.807, 2.05) is 0 Å². The standard InChI is InChI=1S/C12H23NS/c1-3-10-4-5-11-12(6-10)14-8-9(2)7-13-11/h9-13H,3-8H2,1-2H3. The van der Waals surface area contributed by atoms with Crippen LogP contribution in [0.15, 0.2) is 0 Å². The summed E-state index contributed by atoms with van der Waals surface area (Å²) in [5.74, 6) is 3.24. The van der Waals surface area contributed by atoms with Gasteiger partial charge in [-0.2, -0.15) is 11.8 Å². The Balaban J connectivity index is 1.92. The Morgan fingerprint density at radius 3 is 3.00 bits per heavy atom. The van der Waals surface area contributed by atoms with E-state index in [2.05, 4.69) is 30.9 Å². The van der Waals surface area contributed by atoms with E-state index in [9.17, 15) is 0 Å². The van der Waals surface area contributed by atoms with Gasteiger partial charge in [0, 0.05) is 11.3 Å². The Labute approximate surface area is 92.4 Å². The summed E-state index contributed by atoms with van der Waals surface area (Å²) in [5.41, 5.74) is 0. The van der Waals surface area contributed by atoms with Crippen molar-refractivity contribution in [3.8, 4) is 0 Å². The first kappa shape index (κ1) is 10.8. The Morgan fingerprint density at radius 2 is 2.21 bits per heavy atom. The van der Waals surface area contributed by atoms with Crippen LogP contribution in [0.1, 0.15) is 39.5 Å². The van der Waals surface area contributed by atoms with Crippen LogP contribution in [0.25, 0.3) is 0 Å². The largest absolute Gasteiger partial charge is 0.313 e. The van der Waals surface area contributed by atoms with E-state index < -0.39 is 0 Å². The smallest absolute Gasteiger partial charge is 0.0203 e. The number of rotatable bonds is 1. The van der Waals surface area contributed by atoms with Crippen molar-refractivity contribution in [2.24, 2.45) is 11.8 Å². The van der Waals surface area contributed by atoms with Crippen molar-refractivity contribution in [1.82, 2.24) is 5.32 Å². The fraction of sp³-hybridized carbons (Fsp3) is 1.00. The highest BCUT2D eigenvalue weighted by atomic mass is 32.2. The zero-order chi connectivity index (χ0) is 9.97. The van der Waals surface area contributed by atoms with Crippen LogP contribution in [0.4, 0.5) is 0 Å². The number of nitrogens with one attached hydrogen (secondary N) is 1. The van der Waals surface area contributed by atoms with Crippen molar-refractivity contribution in [1.29, 1.82) is 0 Å². The highest BCUT2D eigenvalue weighted by Crippen LogP contribution is 2.36. The Bertz CT molecular complexity index is 183. The summed E-state index contributed by atoms with van der Waals surface area (Å²) in [6.07, 6.45) is 5.73. The molecule has 1 saturated heterocycles. The molecule has 0 aromatic heterocycles. The summed E-state index contributed by atoms with van der Waals surface area (Å²) in [6.45, 7) is 5.96. The number of fused-ring (bicyclic) bond motifs is 1. The molecule has 0 spiro atoms. The molecule has 4 atom stereocenters. The van der Waals surface area contributed by atoms with Crippen molar-refractivity contribution in [3.05, 3.63) is 0 Å². The van der Waals surface area contributed by atoms with Crippen LogP contribution in [0.2, 0.25) is 0 Å². The van der Waals surface area contributed by atoms with Gasteiger partial charge in [0.15, 0.2) is 0 Å². The zero-order valence-electron chi connectivity index (χ0n) is 9.46. The van der Waals surface area contributed by atoms with Crippen molar-refractivity contribution >= 4 is 11.8 Å². The summed E-state index contributed by atoms with van der Waals surface area (Å²) in [7, 11) is 0. The first-order chi connectivity index (χ1) is 6.79. The molecule has 0 radical (unpaired) electrons. The SMILES string of the molecule is CCC1CCC2NCC(C)CSC2C1. The van der Waals surface area contributed by atoms with Gasteiger partial charge in [-0.1, -0.05) is 20.3 Å². The third-order valence-electron chi connectivity index (χ3n) is 3.80. The van der Waals surface area contributed by atoms with Gasteiger partial charge in [-0.15, -0.1) is 0 Å². The molecular weight excluding hydrogens is 190 g/mol. The number of hydrogen-bond acceptors (Lipinski definition) is 2. The Hall–Kier alpha value is 0.310. The van der Waals surface area contributed by atoms with Gasteiger partial charge in [0.05, 0.1) is 0 Å².